The van der Waals surface area contributed by atoms with Crippen LogP contribution >= 0.6 is 0 Å². The van der Waals surface area contributed by atoms with Crippen LogP contribution in [0.15, 0.2) is 18.1 Å². The van der Waals surface area contributed by atoms with Crippen molar-refractivity contribution in [3.63, 3.8) is 0 Å². The molecular formula is C15H22N2O. The Labute approximate surface area is 109 Å². The number of aliphatic hydroxyl groups is 1. The van der Waals surface area contributed by atoms with Crippen LogP contribution in [0.1, 0.15) is 56.7 Å². The van der Waals surface area contributed by atoms with Crippen LogP contribution in [0, 0.1) is 5.92 Å². The lowest BCUT2D eigenvalue weighted by atomic mass is 9.83. The quantitative estimate of drug-likeness (QED) is 0.886. The van der Waals surface area contributed by atoms with Crippen LogP contribution in [0.4, 0.5) is 0 Å². The van der Waals surface area contributed by atoms with E-state index in [1.807, 2.05) is 12.5 Å². The first kappa shape index (κ1) is 12.0. The highest BCUT2D eigenvalue weighted by molar-refractivity contribution is 5.50. The molecule has 2 aliphatic rings. The van der Waals surface area contributed by atoms with Gasteiger partial charge in [-0.25, -0.2) is 4.98 Å². The molecule has 0 spiro atoms. The van der Waals surface area contributed by atoms with Crippen molar-refractivity contribution in [3.8, 4) is 0 Å². The summed E-state index contributed by atoms with van der Waals surface area (Å²) in [6.07, 6.45) is 15.0. The first-order chi connectivity index (χ1) is 8.88. The van der Waals surface area contributed by atoms with Gasteiger partial charge < -0.3 is 9.67 Å². The van der Waals surface area contributed by atoms with Crippen molar-refractivity contribution in [1.82, 2.24) is 9.55 Å². The maximum Gasteiger partial charge on any atom is 0.0953 e. The fourth-order valence-corrected chi connectivity index (χ4v) is 3.04. The topological polar surface area (TPSA) is 38.1 Å². The van der Waals surface area contributed by atoms with E-state index in [9.17, 15) is 5.11 Å². The molecule has 3 rings (SSSR count). The standard InChI is InChI=1S/C15H22N2O/c18-10-13(12-4-2-1-3-5-12)8-15-9-16-11-17(15)14-6-7-14/h8-9,11-12,14,18H,1-7,10H2. The highest BCUT2D eigenvalue weighted by Crippen LogP contribution is 2.37. The number of hydrogen-bond acceptors (Lipinski definition) is 2. The van der Waals surface area contributed by atoms with Crippen molar-refractivity contribution in [2.45, 2.75) is 51.0 Å². The van der Waals surface area contributed by atoms with Gasteiger partial charge in [0.25, 0.3) is 0 Å². The molecule has 2 saturated carbocycles. The van der Waals surface area contributed by atoms with Crippen molar-refractivity contribution >= 4 is 6.08 Å². The lowest BCUT2D eigenvalue weighted by molar-refractivity contribution is 0.295. The van der Waals surface area contributed by atoms with E-state index in [1.54, 1.807) is 0 Å². The van der Waals surface area contributed by atoms with Crippen LogP contribution < -0.4 is 0 Å². The molecule has 0 atom stereocenters. The molecule has 3 nitrogen and oxygen atoms in total. The SMILES string of the molecule is OCC(=Cc1cncn1C1CC1)C1CCCCC1. The van der Waals surface area contributed by atoms with E-state index in [2.05, 4.69) is 15.6 Å². The molecule has 0 aromatic carbocycles. The van der Waals surface area contributed by atoms with Gasteiger partial charge in [-0.1, -0.05) is 19.3 Å². The molecule has 1 aromatic rings. The maximum absolute atomic E-state index is 9.62. The summed E-state index contributed by atoms with van der Waals surface area (Å²) in [7, 11) is 0. The van der Waals surface area contributed by atoms with Gasteiger partial charge in [0.1, 0.15) is 0 Å². The molecule has 2 aliphatic carbocycles. The van der Waals surface area contributed by atoms with Crippen molar-refractivity contribution in [2.24, 2.45) is 5.92 Å². The summed E-state index contributed by atoms with van der Waals surface area (Å²) in [4.78, 5) is 4.25. The molecule has 0 saturated heterocycles. The van der Waals surface area contributed by atoms with E-state index < -0.39 is 0 Å². The molecule has 0 amide bonds. The van der Waals surface area contributed by atoms with E-state index >= 15 is 0 Å². The lowest BCUT2D eigenvalue weighted by Gasteiger charge is -2.23. The summed E-state index contributed by atoms with van der Waals surface area (Å²) in [5.41, 5.74) is 2.38. The Bertz CT molecular complexity index is 425. The summed E-state index contributed by atoms with van der Waals surface area (Å²) in [5, 5.41) is 9.62. The molecule has 1 heterocycles. The van der Waals surface area contributed by atoms with Gasteiger partial charge in [-0.3, -0.25) is 0 Å². The van der Waals surface area contributed by atoms with Gasteiger partial charge in [-0.15, -0.1) is 0 Å². The summed E-state index contributed by atoms with van der Waals surface area (Å²) in [6, 6.07) is 0.657. The summed E-state index contributed by atoms with van der Waals surface area (Å²) < 4.78 is 2.26. The Morgan fingerprint density at radius 2 is 2.06 bits per heavy atom. The highest BCUT2D eigenvalue weighted by atomic mass is 16.3. The zero-order chi connectivity index (χ0) is 12.4. The van der Waals surface area contributed by atoms with Gasteiger partial charge in [0.05, 0.1) is 24.8 Å². The molecule has 2 fully saturated rings. The smallest absolute Gasteiger partial charge is 0.0953 e. The molecule has 0 bridgehead atoms. The number of aliphatic hydroxyl groups excluding tert-OH is 1. The van der Waals surface area contributed by atoms with E-state index in [0.29, 0.717) is 12.0 Å². The molecule has 18 heavy (non-hydrogen) atoms. The monoisotopic (exact) mass is 246 g/mol. The van der Waals surface area contributed by atoms with Crippen molar-refractivity contribution in [1.29, 1.82) is 0 Å². The van der Waals surface area contributed by atoms with Crippen molar-refractivity contribution in [2.75, 3.05) is 6.61 Å². The summed E-state index contributed by atoms with van der Waals surface area (Å²) >= 11 is 0. The molecule has 0 aliphatic heterocycles. The molecule has 98 valence electrons. The number of nitrogens with zero attached hydrogens (tertiary/aromatic N) is 2. The second-order valence-corrected chi connectivity index (χ2v) is 5.67. The van der Waals surface area contributed by atoms with Crippen LogP contribution in [0.3, 0.4) is 0 Å². The van der Waals surface area contributed by atoms with Gasteiger partial charge in [-0.2, -0.15) is 0 Å². The predicted octanol–water partition coefficient (Wildman–Crippen LogP) is 3.17. The van der Waals surface area contributed by atoms with E-state index in [1.165, 1.54) is 56.2 Å². The molecule has 1 aromatic heterocycles. The average molecular weight is 246 g/mol. The summed E-state index contributed by atoms with van der Waals surface area (Å²) in [6.45, 7) is 0.195. The number of aromatic nitrogens is 2. The summed E-state index contributed by atoms with van der Waals surface area (Å²) in [5.74, 6) is 0.589. The van der Waals surface area contributed by atoms with Gasteiger partial charge in [-0.05, 0) is 43.3 Å². The molecule has 0 radical (unpaired) electrons. The molecular weight excluding hydrogens is 224 g/mol. The molecule has 0 unspecified atom stereocenters. The third-order valence-corrected chi connectivity index (χ3v) is 4.28. The first-order valence-corrected chi connectivity index (χ1v) is 7.21. The largest absolute Gasteiger partial charge is 0.392 e. The van der Waals surface area contributed by atoms with E-state index in [4.69, 9.17) is 0 Å². The maximum atomic E-state index is 9.62. The fraction of sp³-hybridized carbons (Fsp3) is 0.667. The van der Waals surface area contributed by atoms with Gasteiger partial charge >= 0.3 is 0 Å². The lowest BCUT2D eigenvalue weighted by Crippen LogP contribution is -2.12. The number of hydrogen-bond donors (Lipinski definition) is 1. The number of rotatable bonds is 4. The number of imidazole rings is 1. The second-order valence-electron chi connectivity index (χ2n) is 5.67. The van der Waals surface area contributed by atoms with Crippen LogP contribution in [0.5, 0.6) is 0 Å². The Morgan fingerprint density at radius 3 is 2.72 bits per heavy atom. The van der Waals surface area contributed by atoms with Crippen LogP contribution in [0.25, 0.3) is 6.08 Å². The average Bonchev–Trinajstić information content (AvgIpc) is 3.17. The Kier molecular flexibility index (Phi) is 3.50. The van der Waals surface area contributed by atoms with E-state index in [0.717, 1.165) is 0 Å². The minimum Gasteiger partial charge on any atom is -0.392 e. The van der Waals surface area contributed by atoms with Crippen molar-refractivity contribution < 1.29 is 5.11 Å². The molecule has 3 heteroatoms. The third-order valence-electron chi connectivity index (χ3n) is 4.28. The van der Waals surface area contributed by atoms with Crippen LogP contribution in [-0.4, -0.2) is 21.3 Å². The molecule has 1 N–H and O–H groups in total. The minimum absolute atomic E-state index is 0.195. The third kappa shape index (κ3) is 2.51. The van der Waals surface area contributed by atoms with E-state index in [-0.39, 0.29) is 6.61 Å². The second kappa shape index (κ2) is 5.27. The van der Waals surface area contributed by atoms with Crippen LogP contribution in [0.2, 0.25) is 0 Å². The normalized spacial score (nSPS) is 22.4. The Morgan fingerprint density at radius 1 is 1.28 bits per heavy atom. The first-order valence-electron chi connectivity index (χ1n) is 7.21. The van der Waals surface area contributed by atoms with Crippen LogP contribution in [-0.2, 0) is 0 Å². The predicted molar refractivity (Wildman–Crippen MR) is 72.1 cm³/mol. The van der Waals surface area contributed by atoms with Crippen molar-refractivity contribution in [3.05, 3.63) is 23.8 Å². The van der Waals surface area contributed by atoms with Gasteiger partial charge in [0.2, 0.25) is 0 Å². The van der Waals surface area contributed by atoms with Gasteiger partial charge in [0, 0.05) is 6.04 Å². The zero-order valence-corrected chi connectivity index (χ0v) is 10.9. The fourth-order valence-electron chi connectivity index (χ4n) is 3.04. The highest BCUT2D eigenvalue weighted by Gasteiger charge is 2.25. The Hall–Kier alpha value is -1.09. The van der Waals surface area contributed by atoms with Gasteiger partial charge in [0.15, 0.2) is 0 Å². The Balaban J connectivity index is 1.80. The minimum atomic E-state index is 0.195. The zero-order valence-electron chi connectivity index (χ0n) is 10.9.